The Morgan fingerprint density at radius 2 is 1.16 bits per heavy atom. The van der Waals surface area contributed by atoms with Crippen LogP contribution in [0.15, 0.2) is 110 Å². The van der Waals surface area contributed by atoms with Crippen molar-refractivity contribution in [3.63, 3.8) is 0 Å². The monoisotopic (exact) mass is 572 g/mol. The lowest BCUT2D eigenvalue weighted by atomic mass is 10.1. The summed E-state index contributed by atoms with van der Waals surface area (Å²) in [6.45, 7) is 8.76. The molecule has 0 saturated heterocycles. The average molecular weight is 573 g/mol. The van der Waals surface area contributed by atoms with Crippen molar-refractivity contribution >= 4 is 43.7 Å². The van der Waals surface area contributed by atoms with Crippen LogP contribution in [0.1, 0.15) is 50.7 Å². The predicted octanol–water partition coefficient (Wildman–Crippen LogP) is 9.37. The van der Waals surface area contributed by atoms with Crippen molar-refractivity contribution in [3.8, 4) is 22.9 Å². The molecule has 214 valence electrons. The van der Waals surface area contributed by atoms with Crippen molar-refractivity contribution in [2.75, 3.05) is 0 Å². The minimum absolute atomic E-state index is 0.427. The Bertz CT molecular complexity index is 2320. The van der Waals surface area contributed by atoms with Gasteiger partial charge in [-0.05, 0) is 71.5 Å². The van der Waals surface area contributed by atoms with Crippen LogP contribution in [0.3, 0.4) is 0 Å². The maximum atomic E-state index is 4.98. The van der Waals surface area contributed by atoms with E-state index in [9.17, 15) is 0 Å². The second-order valence-electron chi connectivity index (χ2n) is 12.1. The van der Waals surface area contributed by atoms with Crippen molar-refractivity contribution in [2.24, 2.45) is 0 Å². The van der Waals surface area contributed by atoms with Crippen LogP contribution in [0.5, 0.6) is 0 Å². The third kappa shape index (κ3) is 4.09. The number of hydrogen-bond donors (Lipinski definition) is 0. The van der Waals surface area contributed by atoms with E-state index in [1.165, 1.54) is 11.1 Å². The summed E-state index contributed by atoms with van der Waals surface area (Å²) in [5.74, 6) is 2.64. The zero-order chi connectivity index (χ0) is 29.9. The molecule has 6 aromatic heterocycles. The molecule has 8 aromatic rings. The number of nitrogens with zero attached hydrogens (tertiary/aromatic N) is 6. The molecule has 6 heteroatoms. The first kappa shape index (κ1) is 26.3. The summed E-state index contributed by atoms with van der Waals surface area (Å²) in [5.41, 5.74) is 9.63. The normalized spacial score (nSPS) is 12.0. The fraction of sp³-hybridized carbons (Fsp3) is 0.158. The number of aromatic nitrogens is 6. The summed E-state index contributed by atoms with van der Waals surface area (Å²) in [5, 5.41) is 3.34. The average Bonchev–Trinajstić information content (AvgIpc) is 3.57. The molecule has 0 spiro atoms. The topological polar surface area (TPSA) is 61.4 Å². The summed E-state index contributed by atoms with van der Waals surface area (Å²) >= 11 is 0. The zero-order valence-corrected chi connectivity index (χ0v) is 25.2. The molecule has 0 aliphatic carbocycles. The highest BCUT2D eigenvalue weighted by molar-refractivity contribution is 6.10. The molecular formula is C38H32N6. The maximum Gasteiger partial charge on any atom is 0.137 e. The lowest BCUT2D eigenvalue weighted by Gasteiger charge is -2.10. The Kier molecular flexibility index (Phi) is 6.05. The Labute approximate surface area is 255 Å². The summed E-state index contributed by atoms with van der Waals surface area (Å²) in [6.07, 6.45) is 7.82. The molecule has 0 aliphatic heterocycles. The van der Waals surface area contributed by atoms with E-state index in [-0.39, 0.29) is 0 Å². The number of para-hydroxylation sites is 1. The third-order valence-electron chi connectivity index (χ3n) is 8.71. The Balaban J connectivity index is 1.31. The van der Waals surface area contributed by atoms with Crippen LogP contribution in [0.25, 0.3) is 66.6 Å². The summed E-state index contributed by atoms with van der Waals surface area (Å²) in [6, 6.07) is 29.8. The fourth-order valence-corrected chi connectivity index (χ4v) is 6.25. The largest absolute Gasteiger partial charge is 0.294 e. The zero-order valence-electron chi connectivity index (χ0n) is 25.2. The molecular weight excluding hydrogens is 540 g/mol. The summed E-state index contributed by atoms with van der Waals surface area (Å²) in [4.78, 5) is 19.5. The summed E-state index contributed by atoms with van der Waals surface area (Å²) in [7, 11) is 0. The van der Waals surface area contributed by atoms with Gasteiger partial charge in [-0.3, -0.25) is 19.1 Å². The molecule has 0 N–H and O–H groups in total. The molecule has 2 aromatic carbocycles. The lowest BCUT2D eigenvalue weighted by Crippen LogP contribution is -1.99. The number of fused-ring (bicyclic) bond motifs is 6. The van der Waals surface area contributed by atoms with Crippen molar-refractivity contribution in [1.29, 1.82) is 0 Å². The number of hydrogen-bond acceptors (Lipinski definition) is 4. The Morgan fingerprint density at radius 1 is 0.500 bits per heavy atom. The van der Waals surface area contributed by atoms with Crippen molar-refractivity contribution in [2.45, 2.75) is 39.5 Å². The molecule has 0 aliphatic rings. The molecule has 0 saturated carbocycles. The highest BCUT2D eigenvalue weighted by Crippen LogP contribution is 2.36. The van der Waals surface area contributed by atoms with E-state index in [0.29, 0.717) is 11.8 Å². The Hall–Kier alpha value is -5.36. The van der Waals surface area contributed by atoms with Crippen molar-refractivity contribution < 1.29 is 0 Å². The molecule has 0 radical (unpaired) electrons. The van der Waals surface area contributed by atoms with Crippen LogP contribution < -0.4 is 0 Å². The van der Waals surface area contributed by atoms with Gasteiger partial charge >= 0.3 is 0 Å². The quantitative estimate of drug-likeness (QED) is 0.206. The van der Waals surface area contributed by atoms with Gasteiger partial charge in [-0.25, -0.2) is 9.97 Å². The molecule has 0 fully saturated rings. The molecule has 44 heavy (non-hydrogen) atoms. The van der Waals surface area contributed by atoms with E-state index < -0.39 is 0 Å². The smallest absolute Gasteiger partial charge is 0.137 e. The number of benzene rings is 2. The summed E-state index contributed by atoms with van der Waals surface area (Å²) < 4.78 is 4.45. The molecule has 0 bridgehead atoms. The van der Waals surface area contributed by atoms with E-state index in [1.54, 1.807) is 0 Å². The van der Waals surface area contributed by atoms with Crippen LogP contribution >= 0.6 is 0 Å². The first-order chi connectivity index (χ1) is 21.5. The van der Waals surface area contributed by atoms with Crippen LogP contribution in [0, 0.1) is 0 Å². The molecule has 6 nitrogen and oxygen atoms in total. The van der Waals surface area contributed by atoms with Gasteiger partial charge in [0, 0.05) is 46.5 Å². The molecule has 8 rings (SSSR count). The second-order valence-corrected chi connectivity index (χ2v) is 12.1. The first-order valence-electron chi connectivity index (χ1n) is 15.2. The van der Waals surface area contributed by atoms with E-state index in [1.807, 2.05) is 30.9 Å². The minimum atomic E-state index is 0.427. The van der Waals surface area contributed by atoms with Gasteiger partial charge in [0.15, 0.2) is 0 Å². The van der Waals surface area contributed by atoms with E-state index in [2.05, 4.69) is 116 Å². The highest BCUT2D eigenvalue weighted by Gasteiger charge is 2.18. The van der Waals surface area contributed by atoms with Gasteiger partial charge in [0.2, 0.25) is 0 Å². The Morgan fingerprint density at radius 3 is 1.84 bits per heavy atom. The first-order valence-corrected chi connectivity index (χ1v) is 15.2. The lowest BCUT2D eigenvalue weighted by molar-refractivity contribution is 0.854. The SMILES string of the molecule is CC(C)c1ccc(-n2c3ccccc3c3cnc(-c4ccc5c(c4)c4ncccc4n5-c4ccc(C(C)C)cn4)cc32)nc1. The van der Waals surface area contributed by atoms with E-state index in [4.69, 9.17) is 19.9 Å². The van der Waals surface area contributed by atoms with Gasteiger partial charge in [0.25, 0.3) is 0 Å². The molecule has 6 heterocycles. The van der Waals surface area contributed by atoms with Gasteiger partial charge in [-0.2, -0.15) is 0 Å². The third-order valence-corrected chi connectivity index (χ3v) is 8.71. The second kappa shape index (κ2) is 10.1. The fourth-order valence-electron chi connectivity index (χ4n) is 6.25. The number of pyridine rings is 4. The van der Waals surface area contributed by atoms with Crippen LogP contribution in [-0.4, -0.2) is 29.1 Å². The van der Waals surface area contributed by atoms with Crippen LogP contribution in [0.2, 0.25) is 0 Å². The van der Waals surface area contributed by atoms with Gasteiger partial charge < -0.3 is 0 Å². The van der Waals surface area contributed by atoms with Gasteiger partial charge in [0.1, 0.15) is 11.6 Å². The van der Waals surface area contributed by atoms with Gasteiger partial charge in [0.05, 0.1) is 33.3 Å². The standard InChI is InChI=1S/C38H32N6/c1-23(2)26-12-15-36(41-20-26)43-33-14-11-25(18-29(33)38-34(43)10-7-17-39-38)31-19-35-30(22-40-31)28-8-5-6-9-32(28)44(35)37-16-13-27(21-42-37)24(3)4/h5-24H,1-4H3. The van der Waals surface area contributed by atoms with Crippen molar-refractivity contribution in [1.82, 2.24) is 29.1 Å². The molecule has 0 atom stereocenters. The van der Waals surface area contributed by atoms with Crippen molar-refractivity contribution in [3.05, 3.63) is 121 Å². The van der Waals surface area contributed by atoms with E-state index in [0.717, 1.165) is 66.6 Å². The molecule has 0 unspecified atom stereocenters. The molecule has 0 amide bonds. The predicted molar refractivity (Wildman–Crippen MR) is 180 cm³/mol. The minimum Gasteiger partial charge on any atom is -0.294 e. The van der Waals surface area contributed by atoms with Gasteiger partial charge in [-0.1, -0.05) is 64.1 Å². The van der Waals surface area contributed by atoms with Crippen LogP contribution in [0.4, 0.5) is 0 Å². The van der Waals surface area contributed by atoms with E-state index >= 15 is 0 Å². The van der Waals surface area contributed by atoms with Gasteiger partial charge in [-0.15, -0.1) is 0 Å². The van der Waals surface area contributed by atoms with Crippen LogP contribution in [-0.2, 0) is 0 Å². The number of rotatable bonds is 5. The maximum absolute atomic E-state index is 4.98. The highest BCUT2D eigenvalue weighted by atomic mass is 15.1.